The summed E-state index contributed by atoms with van der Waals surface area (Å²) in [5, 5.41) is 4.70. The van der Waals surface area contributed by atoms with Crippen molar-refractivity contribution in [2.45, 2.75) is 19.8 Å². The number of hydrogen-bond acceptors (Lipinski definition) is 3. The molecule has 4 rings (SSSR count). The maximum Gasteiger partial charge on any atom is 0.387 e. The van der Waals surface area contributed by atoms with Gasteiger partial charge in [-0.1, -0.05) is 48.0 Å². The van der Waals surface area contributed by atoms with Crippen LogP contribution in [0.4, 0.5) is 22.0 Å². The highest BCUT2D eigenvalue weighted by Gasteiger charge is 2.21. The molecule has 4 nitrogen and oxygen atoms in total. The standard InChI is InChI=1S/C24H16ClF5N2O2/c25-20-21(15-3-1-5-18(11-15)33-23(27)28)31-32(13-14-7-9-17(26)10-8-14)22(20)16-4-2-6-19(12-16)34-24(29)30/h1-12,23-24H,13H2. The lowest BCUT2D eigenvalue weighted by Gasteiger charge is -2.10. The average Bonchev–Trinajstić information content (AvgIpc) is 3.10. The molecule has 0 saturated carbocycles. The average molecular weight is 495 g/mol. The summed E-state index contributed by atoms with van der Waals surface area (Å²) in [5.74, 6) is -0.562. The molecule has 176 valence electrons. The van der Waals surface area contributed by atoms with E-state index in [0.717, 1.165) is 0 Å². The van der Waals surface area contributed by atoms with Crippen LogP contribution in [-0.2, 0) is 6.54 Å². The van der Waals surface area contributed by atoms with Gasteiger partial charge in [0.2, 0.25) is 0 Å². The van der Waals surface area contributed by atoms with Crippen LogP contribution >= 0.6 is 11.6 Å². The minimum Gasteiger partial charge on any atom is -0.435 e. The van der Waals surface area contributed by atoms with Gasteiger partial charge in [-0.2, -0.15) is 22.7 Å². The van der Waals surface area contributed by atoms with E-state index in [-0.39, 0.29) is 28.8 Å². The molecule has 3 aromatic carbocycles. The Kier molecular flexibility index (Phi) is 7.02. The number of ether oxygens (including phenoxy) is 2. The molecule has 0 N–H and O–H groups in total. The summed E-state index contributed by atoms with van der Waals surface area (Å²) in [6.07, 6.45) is 0. The van der Waals surface area contributed by atoms with Crippen molar-refractivity contribution in [3.05, 3.63) is 89.2 Å². The molecule has 1 heterocycles. The van der Waals surface area contributed by atoms with E-state index in [1.54, 1.807) is 24.3 Å². The highest BCUT2D eigenvalue weighted by Crippen LogP contribution is 2.39. The van der Waals surface area contributed by atoms with E-state index in [1.807, 2.05) is 0 Å². The zero-order chi connectivity index (χ0) is 24.2. The molecule has 0 aliphatic carbocycles. The van der Waals surface area contributed by atoms with Crippen LogP contribution in [0.25, 0.3) is 22.5 Å². The Balaban J connectivity index is 1.82. The van der Waals surface area contributed by atoms with E-state index in [1.165, 1.54) is 53.2 Å². The molecule has 34 heavy (non-hydrogen) atoms. The Bertz CT molecular complexity index is 1280. The molecule has 0 unspecified atom stereocenters. The van der Waals surface area contributed by atoms with Gasteiger partial charge >= 0.3 is 13.2 Å². The number of alkyl halides is 4. The highest BCUT2D eigenvalue weighted by molar-refractivity contribution is 6.35. The van der Waals surface area contributed by atoms with Crippen molar-refractivity contribution in [2.24, 2.45) is 0 Å². The summed E-state index contributed by atoms with van der Waals surface area (Å²) in [4.78, 5) is 0. The Morgan fingerprint density at radius 1 is 0.794 bits per heavy atom. The molecule has 0 amide bonds. The maximum atomic E-state index is 13.4. The van der Waals surface area contributed by atoms with Crippen LogP contribution in [0.3, 0.4) is 0 Å². The molecule has 10 heteroatoms. The zero-order valence-corrected chi connectivity index (χ0v) is 18.0. The van der Waals surface area contributed by atoms with Gasteiger partial charge in [-0.25, -0.2) is 4.39 Å². The van der Waals surface area contributed by atoms with Gasteiger partial charge in [-0.3, -0.25) is 4.68 Å². The Hall–Kier alpha value is -3.59. The molecule has 0 radical (unpaired) electrons. The molecule has 1 aromatic heterocycles. The van der Waals surface area contributed by atoms with Gasteiger partial charge in [0, 0.05) is 11.1 Å². The second kappa shape index (κ2) is 10.1. The summed E-state index contributed by atoms with van der Waals surface area (Å²) >= 11 is 6.68. The summed E-state index contributed by atoms with van der Waals surface area (Å²) in [5.41, 5.74) is 2.17. The number of hydrogen-bond donors (Lipinski definition) is 0. The Morgan fingerprint density at radius 2 is 1.35 bits per heavy atom. The predicted octanol–water partition coefficient (Wildman–Crippen LogP) is 7.26. The molecular weight excluding hydrogens is 479 g/mol. The summed E-state index contributed by atoms with van der Waals surface area (Å²) in [7, 11) is 0. The third-order valence-corrected chi connectivity index (χ3v) is 5.16. The van der Waals surface area contributed by atoms with Crippen molar-refractivity contribution in [3.63, 3.8) is 0 Å². The SMILES string of the molecule is Fc1ccc(Cn2nc(-c3cccc(OC(F)F)c3)c(Cl)c2-c2cccc(OC(F)F)c2)cc1. The van der Waals surface area contributed by atoms with Gasteiger partial charge in [-0.05, 0) is 42.0 Å². The topological polar surface area (TPSA) is 36.3 Å². The van der Waals surface area contributed by atoms with E-state index >= 15 is 0 Å². The van der Waals surface area contributed by atoms with Gasteiger partial charge in [0.15, 0.2) is 0 Å². The fourth-order valence-corrected chi connectivity index (χ4v) is 3.77. The van der Waals surface area contributed by atoms with E-state index in [0.29, 0.717) is 22.4 Å². The molecular formula is C24H16ClF5N2O2. The first-order chi connectivity index (χ1) is 16.3. The van der Waals surface area contributed by atoms with E-state index in [4.69, 9.17) is 11.6 Å². The van der Waals surface area contributed by atoms with Crippen LogP contribution in [-0.4, -0.2) is 23.0 Å². The van der Waals surface area contributed by atoms with Crippen LogP contribution in [0.1, 0.15) is 5.56 Å². The summed E-state index contributed by atoms with van der Waals surface area (Å²) in [6.45, 7) is -5.85. The molecule has 0 saturated heterocycles. The van der Waals surface area contributed by atoms with Gasteiger partial charge in [-0.15, -0.1) is 0 Å². The Morgan fingerprint density at radius 3 is 1.94 bits per heavy atom. The minimum absolute atomic E-state index is 0.0769. The van der Waals surface area contributed by atoms with Gasteiger partial charge < -0.3 is 9.47 Å². The third kappa shape index (κ3) is 5.48. The quantitative estimate of drug-likeness (QED) is 0.242. The first-order valence-corrected chi connectivity index (χ1v) is 10.3. The first kappa shape index (κ1) is 23.6. The lowest BCUT2D eigenvalue weighted by Crippen LogP contribution is -2.05. The van der Waals surface area contributed by atoms with Gasteiger partial charge in [0.05, 0.1) is 17.3 Å². The fraction of sp³-hybridized carbons (Fsp3) is 0.125. The number of aromatic nitrogens is 2. The molecule has 0 spiro atoms. The molecule has 0 aliphatic rings. The first-order valence-electron chi connectivity index (χ1n) is 9.91. The van der Waals surface area contributed by atoms with Crippen molar-refractivity contribution in [1.29, 1.82) is 0 Å². The minimum atomic E-state index is -3.01. The Labute approximate surface area is 196 Å². The van der Waals surface area contributed by atoms with Crippen molar-refractivity contribution >= 4 is 11.6 Å². The van der Waals surface area contributed by atoms with Crippen LogP contribution < -0.4 is 9.47 Å². The number of nitrogens with zero attached hydrogens (tertiary/aromatic N) is 2. The maximum absolute atomic E-state index is 13.4. The smallest absolute Gasteiger partial charge is 0.387 e. The van der Waals surface area contributed by atoms with E-state index < -0.39 is 19.0 Å². The summed E-state index contributed by atoms with van der Waals surface area (Å²) in [6, 6.07) is 17.5. The monoisotopic (exact) mass is 494 g/mol. The van der Waals surface area contributed by atoms with Crippen LogP contribution in [0.15, 0.2) is 72.8 Å². The fourth-order valence-electron chi connectivity index (χ4n) is 3.42. The summed E-state index contributed by atoms with van der Waals surface area (Å²) < 4.78 is 74.6. The second-order valence-electron chi connectivity index (χ2n) is 7.11. The predicted molar refractivity (Wildman–Crippen MR) is 117 cm³/mol. The lowest BCUT2D eigenvalue weighted by molar-refractivity contribution is -0.0505. The molecule has 4 aromatic rings. The van der Waals surface area contributed by atoms with Crippen molar-refractivity contribution in [1.82, 2.24) is 9.78 Å². The second-order valence-corrected chi connectivity index (χ2v) is 7.49. The van der Waals surface area contributed by atoms with Crippen LogP contribution in [0.5, 0.6) is 11.5 Å². The highest BCUT2D eigenvalue weighted by atomic mass is 35.5. The van der Waals surface area contributed by atoms with Crippen molar-refractivity contribution in [2.75, 3.05) is 0 Å². The molecule has 0 atom stereocenters. The normalized spacial score (nSPS) is 11.3. The third-order valence-electron chi connectivity index (χ3n) is 4.81. The number of halogens is 6. The van der Waals surface area contributed by atoms with E-state index in [2.05, 4.69) is 14.6 Å². The zero-order valence-electron chi connectivity index (χ0n) is 17.3. The van der Waals surface area contributed by atoms with Gasteiger partial charge in [0.1, 0.15) is 23.0 Å². The van der Waals surface area contributed by atoms with Crippen LogP contribution in [0, 0.1) is 5.82 Å². The van der Waals surface area contributed by atoms with Gasteiger partial charge in [0.25, 0.3) is 0 Å². The lowest BCUT2D eigenvalue weighted by atomic mass is 10.1. The van der Waals surface area contributed by atoms with Crippen LogP contribution in [0.2, 0.25) is 5.02 Å². The number of rotatable bonds is 8. The number of benzene rings is 3. The molecule has 0 bridgehead atoms. The molecule has 0 aliphatic heterocycles. The van der Waals surface area contributed by atoms with E-state index in [9.17, 15) is 22.0 Å². The molecule has 0 fully saturated rings. The van der Waals surface area contributed by atoms with Crippen molar-refractivity contribution in [3.8, 4) is 34.0 Å². The van der Waals surface area contributed by atoms with Crippen molar-refractivity contribution < 1.29 is 31.4 Å². The largest absolute Gasteiger partial charge is 0.435 e.